The summed E-state index contributed by atoms with van der Waals surface area (Å²) in [6, 6.07) is 0. The Hall–Kier alpha value is -1.61. The van der Waals surface area contributed by atoms with Gasteiger partial charge in [0.25, 0.3) is 5.78 Å². The van der Waals surface area contributed by atoms with Crippen molar-refractivity contribution in [3.8, 4) is 0 Å². The van der Waals surface area contributed by atoms with Gasteiger partial charge in [0.2, 0.25) is 12.1 Å². The third-order valence-corrected chi connectivity index (χ3v) is 17.8. The van der Waals surface area contributed by atoms with E-state index in [0.29, 0.717) is 42.8 Å². The van der Waals surface area contributed by atoms with Crippen LogP contribution >= 0.6 is 0 Å². The Balaban J connectivity index is 0.809. The van der Waals surface area contributed by atoms with Crippen molar-refractivity contribution < 1.29 is 76.9 Å². The summed E-state index contributed by atoms with van der Waals surface area (Å²) >= 11 is 0. The molecule has 7 fully saturated rings. The van der Waals surface area contributed by atoms with Crippen molar-refractivity contribution in [3.63, 3.8) is 0 Å². The van der Waals surface area contributed by atoms with Gasteiger partial charge in [0.15, 0.2) is 18.3 Å². The quantitative estimate of drug-likeness (QED) is 0.205. The van der Waals surface area contributed by atoms with Gasteiger partial charge in [0, 0.05) is 38.9 Å². The van der Waals surface area contributed by atoms with Gasteiger partial charge in [0.05, 0.1) is 67.6 Å². The maximum atomic E-state index is 13.0. The molecule has 16 nitrogen and oxygen atoms in total. The van der Waals surface area contributed by atoms with Crippen molar-refractivity contribution in [2.24, 2.45) is 28.6 Å². The number of aliphatic hydroxyl groups is 2. The van der Waals surface area contributed by atoms with E-state index in [9.17, 15) is 15.0 Å². The molecule has 16 heteroatoms. The molecule has 9 rings (SSSR count). The lowest BCUT2D eigenvalue weighted by Gasteiger charge is -2.59. The van der Waals surface area contributed by atoms with Crippen molar-refractivity contribution in [1.82, 2.24) is 0 Å². The minimum absolute atomic E-state index is 0.0455. The third-order valence-electron chi connectivity index (χ3n) is 17.8. The second-order valence-electron chi connectivity index (χ2n) is 21.3. The number of carbonyl (C=O) groups is 1. The number of aliphatic hydroxyl groups excluding tert-OH is 1. The molecule has 65 heavy (non-hydrogen) atoms. The Morgan fingerprint density at radius 1 is 0.862 bits per heavy atom. The summed E-state index contributed by atoms with van der Waals surface area (Å²) in [5.74, 6) is 0.107. The lowest BCUT2D eigenvalue weighted by atomic mass is 9.46. The van der Waals surface area contributed by atoms with Crippen LogP contribution in [0.3, 0.4) is 0 Å². The van der Waals surface area contributed by atoms with Crippen LogP contribution in [0.5, 0.6) is 0 Å². The molecular weight excluding hydrogens is 845 g/mol. The maximum absolute atomic E-state index is 13.0. The van der Waals surface area contributed by atoms with Crippen molar-refractivity contribution in [2.45, 2.75) is 223 Å². The van der Waals surface area contributed by atoms with Crippen LogP contribution in [0.2, 0.25) is 0 Å². The minimum Gasteiger partial charge on any atom is -0.493 e. The summed E-state index contributed by atoms with van der Waals surface area (Å²) in [6.45, 7) is 14.4. The van der Waals surface area contributed by atoms with Gasteiger partial charge < -0.3 is 62.3 Å². The van der Waals surface area contributed by atoms with Crippen LogP contribution in [0.1, 0.15) is 119 Å². The molecule has 9 aliphatic rings. The molecule has 3 saturated carbocycles. The number of carbonyl (C=O) groups excluding carboxylic acids is 1. The SMILES string of the molecule is COC1=CC(C)OC(OC2CCC3(C)C(=CCC4C3CCC3(C)C4CCC3(O)C(C)OC3CC4OCC5(CC(OC)C(OC6CC(OC)C(O)C(C)O6)C(C)O5)OOC4C(C)O3)C2)C1=O. The smallest absolute Gasteiger partial charge is 0.252 e. The Morgan fingerprint density at radius 3 is 2.37 bits per heavy atom. The number of ether oxygens (including phenoxy) is 11. The molecule has 368 valence electrons. The van der Waals surface area contributed by atoms with Gasteiger partial charge >= 0.3 is 0 Å². The summed E-state index contributed by atoms with van der Waals surface area (Å²) in [7, 11) is 4.71. The van der Waals surface area contributed by atoms with E-state index in [4.69, 9.17) is 61.9 Å². The number of fused-ring (bicyclic) bond motifs is 6. The standard InChI is InChI=1S/C49H76O16/c1-25-19-35(53-8)42(51)45(57-25)61-31-13-16-46(6)30(20-31)11-12-32-33(46)14-17-47(7)34(32)15-18-49(47,52)29(5)60-39-22-37-44(27(3)59-39)64-65-48(24-56-37)23-38(55-10)43(28(4)63-48)62-40-21-36(54-9)41(50)26(2)58-40/h11,19,25-29,31-34,36-41,43-45,50,52H,12-18,20-24H2,1-10H3. The summed E-state index contributed by atoms with van der Waals surface area (Å²) in [5, 5.41) is 23.3. The normalized spacial score (nSPS) is 51.7. The monoisotopic (exact) mass is 921 g/mol. The fourth-order valence-corrected chi connectivity index (χ4v) is 14.0. The van der Waals surface area contributed by atoms with Gasteiger partial charge in [-0.3, -0.25) is 4.79 Å². The highest BCUT2D eigenvalue weighted by Crippen LogP contribution is 2.68. The maximum Gasteiger partial charge on any atom is 0.252 e. The summed E-state index contributed by atoms with van der Waals surface area (Å²) < 4.78 is 67.8. The van der Waals surface area contributed by atoms with Gasteiger partial charge in [-0.2, -0.15) is 4.89 Å². The lowest BCUT2D eigenvalue weighted by Crippen LogP contribution is -2.59. The highest BCUT2D eigenvalue weighted by Gasteiger charge is 2.66. The van der Waals surface area contributed by atoms with Crippen molar-refractivity contribution in [3.05, 3.63) is 23.5 Å². The predicted octanol–water partition coefficient (Wildman–Crippen LogP) is 5.58. The zero-order valence-corrected chi connectivity index (χ0v) is 40.1. The van der Waals surface area contributed by atoms with E-state index in [1.165, 1.54) is 12.7 Å². The highest BCUT2D eigenvalue weighted by molar-refractivity contribution is 5.96. The van der Waals surface area contributed by atoms with Gasteiger partial charge in [-0.15, -0.1) is 0 Å². The van der Waals surface area contributed by atoms with E-state index >= 15 is 0 Å². The van der Waals surface area contributed by atoms with Gasteiger partial charge in [0.1, 0.15) is 24.9 Å². The fraction of sp³-hybridized carbons (Fsp3) is 0.898. The molecule has 5 heterocycles. The average molecular weight is 921 g/mol. The second kappa shape index (κ2) is 18.6. The summed E-state index contributed by atoms with van der Waals surface area (Å²) in [6.07, 6.45) is 4.87. The molecule has 2 N–H and O–H groups in total. The van der Waals surface area contributed by atoms with Crippen LogP contribution in [0.4, 0.5) is 0 Å². The van der Waals surface area contributed by atoms with Crippen LogP contribution in [0.15, 0.2) is 23.5 Å². The molecule has 1 spiro atoms. The minimum atomic E-state index is -1.26. The van der Waals surface area contributed by atoms with Crippen molar-refractivity contribution in [1.29, 1.82) is 0 Å². The molecule has 4 aliphatic carbocycles. The first kappa shape index (κ1) is 48.4. The molecule has 0 bridgehead atoms. The number of hydrogen-bond donors (Lipinski definition) is 2. The Bertz CT molecular complexity index is 1780. The van der Waals surface area contributed by atoms with E-state index in [2.05, 4.69) is 19.9 Å². The van der Waals surface area contributed by atoms with Gasteiger partial charge in [-0.25, -0.2) is 4.89 Å². The lowest BCUT2D eigenvalue weighted by molar-refractivity contribution is -0.472. The Labute approximate surface area is 384 Å². The van der Waals surface area contributed by atoms with E-state index in [1.807, 2.05) is 27.7 Å². The van der Waals surface area contributed by atoms with E-state index in [-0.39, 0.29) is 41.8 Å². The first-order valence-corrected chi connectivity index (χ1v) is 24.5. The molecule has 0 aromatic heterocycles. The highest BCUT2D eigenvalue weighted by atomic mass is 17.2. The topological polar surface area (TPSA) is 178 Å². The predicted molar refractivity (Wildman–Crippen MR) is 230 cm³/mol. The number of ketones is 1. The van der Waals surface area contributed by atoms with Crippen LogP contribution < -0.4 is 0 Å². The molecule has 22 atom stereocenters. The van der Waals surface area contributed by atoms with E-state index in [0.717, 1.165) is 44.9 Å². The Kier molecular flexibility index (Phi) is 13.9. The van der Waals surface area contributed by atoms with Crippen molar-refractivity contribution in [2.75, 3.05) is 27.9 Å². The van der Waals surface area contributed by atoms with Crippen LogP contribution in [0.25, 0.3) is 0 Å². The second-order valence-corrected chi connectivity index (χ2v) is 21.3. The van der Waals surface area contributed by atoms with Crippen LogP contribution in [-0.2, 0) is 66.7 Å². The Morgan fingerprint density at radius 2 is 1.62 bits per heavy atom. The first-order chi connectivity index (χ1) is 30.9. The summed E-state index contributed by atoms with van der Waals surface area (Å²) in [5.41, 5.74) is 0.115. The molecule has 5 aliphatic heterocycles. The molecule has 0 radical (unpaired) electrons. The number of Topliss-reactive ketones (excluding diaryl/α,β-unsaturated/α-hetero) is 1. The molecule has 22 unspecified atom stereocenters. The fourth-order valence-electron chi connectivity index (χ4n) is 14.0. The zero-order valence-electron chi connectivity index (χ0n) is 40.1. The molecule has 0 aromatic carbocycles. The molecular formula is C49H76O16. The van der Waals surface area contributed by atoms with Gasteiger partial charge in [-0.05, 0) is 115 Å². The molecule has 4 saturated heterocycles. The third kappa shape index (κ3) is 8.63. The number of allylic oxidation sites excluding steroid dienone is 1. The average Bonchev–Trinajstić information content (AvgIpc) is 3.44. The number of rotatable bonds is 10. The van der Waals surface area contributed by atoms with Crippen molar-refractivity contribution >= 4 is 5.78 Å². The molecule has 0 amide bonds. The number of hydrogen-bond acceptors (Lipinski definition) is 16. The zero-order chi connectivity index (χ0) is 46.2. The summed E-state index contributed by atoms with van der Waals surface area (Å²) in [4.78, 5) is 25.2. The van der Waals surface area contributed by atoms with Crippen LogP contribution in [-0.4, -0.2) is 147 Å². The van der Waals surface area contributed by atoms with E-state index in [1.54, 1.807) is 27.2 Å². The first-order valence-electron chi connectivity index (χ1n) is 24.5. The van der Waals surface area contributed by atoms with Gasteiger partial charge in [-0.1, -0.05) is 25.5 Å². The molecule has 0 aromatic rings. The van der Waals surface area contributed by atoms with Crippen LogP contribution in [0, 0.1) is 28.6 Å². The number of methoxy groups -OCH3 is 3. The largest absolute Gasteiger partial charge is 0.493 e. The van der Waals surface area contributed by atoms with E-state index < -0.39 is 91.3 Å².